The Morgan fingerprint density at radius 1 is 1.23 bits per heavy atom. The van der Waals surface area contributed by atoms with Gasteiger partial charge in [-0.1, -0.05) is 19.9 Å². The normalized spacial score (nSPS) is 12.4. The molecule has 0 saturated carbocycles. The first-order valence-electron chi connectivity index (χ1n) is 9.14. The lowest BCUT2D eigenvalue weighted by Gasteiger charge is -2.28. The van der Waals surface area contributed by atoms with Crippen molar-refractivity contribution in [3.8, 4) is 17.0 Å². The first-order chi connectivity index (χ1) is 13.8. The number of rotatable bonds is 7. The molecule has 0 saturated heterocycles. The number of carbonyl (C=O) groups excluding carboxylic acids is 1. The quantitative estimate of drug-likeness (QED) is 0.438. The van der Waals surface area contributed by atoms with Gasteiger partial charge in [-0.25, -0.2) is 4.79 Å². The molecule has 0 amide bonds. The molecule has 2 aromatic rings. The number of carbonyl (C=O) groups is 1. The molecule has 0 spiro atoms. The molecule has 0 aliphatic rings. The summed E-state index contributed by atoms with van der Waals surface area (Å²) < 4.78 is 76.5. The highest BCUT2D eigenvalue weighted by Crippen LogP contribution is 2.42. The Morgan fingerprint density at radius 2 is 1.87 bits per heavy atom. The topological polar surface area (TPSA) is 53.3 Å². The number of ether oxygens (including phenoxy) is 2. The standard InChI is InChI=1S/C20H23F5N2O3/c1-6-29-17(28)15-11(2)16(27(5)26-15)13-8-7-12(9-14(13)30-18(21)22)10-19(3,4)20(23,24)25/h7-9,18H,6,10H2,1-5H3. The van der Waals surface area contributed by atoms with E-state index >= 15 is 0 Å². The number of hydrogen-bond acceptors (Lipinski definition) is 4. The van der Waals surface area contributed by atoms with E-state index in [1.54, 1.807) is 13.8 Å². The van der Waals surface area contributed by atoms with Gasteiger partial charge in [0.05, 0.1) is 17.7 Å². The number of hydrogen-bond donors (Lipinski definition) is 0. The predicted octanol–water partition coefficient (Wildman–Crippen LogP) is 5.30. The lowest BCUT2D eigenvalue weighted by atomic mass is 9.84. The van der Waals surface area contributed by atoms with E-state index in [2.05, 4.69) is 9.84 Å². The summed E-state index contributed by atoms with van der Waals surface area (Å²) in [4.78, 5) is 12.1. The van der Waals surface area contributed by atoms with E-state index in [9.17, 15) is 26.7 Å². The summed E-state index contributed by atoms with van der Waals surface area (Å²) in [5, 5.41) is 4.09. The first-order valence-corrected chi connectivity index (χ1v) is 9.14. The zero-order chi connectivity index (χ0) is 22.9. The average Bonchev–Trinajstić information content (AvgIpc) is 2.88. The van der Waals surface area contributed by atoms with Crippen molar-refractivity contribution in [1.29, 1.82) is 0 Å². The zero-order valence-corrected chi connectivity index (χ0v) is 17.2. The summed E-state index contributed by atoms with van der Waals surface area (Å²) in [6, 6.07) is 3.96. The second-order valence-corrected chi connectivity index (χ2v) is 7.43. The molecule has 0 aliphatic carbocycles. The monoisotopic (exact) mass is 434 g/mol. The van der Waals surface area contributed by atoms with Crippen LogP contribution in [-0.4, -0.2) is 35.1 Å². The highest BCUT2D eigenvalue weighted by atomic mass is 19.4. The third kappa shape index (κ3) is 4.91. The molecule has 166 valence electrons. The van der Waals surface area contributed by atoms with Crippen molar-refractivity contribution < 1.29 is 36.2 Å². The fourth-order valence-electron chi connectivity index (χ4n) is 3.08. The van der Waals surface area contributed by atoms with Gasteiger partial charge in [-0.2, -0.15) is 27.1 Å². The van der Waals surface area contributed by atoms with Crippen LogP contribution in [0.5, 0.6) is 5.75 Å². The molecule has 0 fully saturated rings. The number of alkyl halides is 5. The fourth-order valence-corrected chi connectivity index (χ4v) is 3.08. The Bertz CT molecular complexity index is 920. The van der Waals surface area contributed by atoms with Gasteiger partial charge < -0.3 is 9.47 Å². The van der Waals surface area contributed by atoms with Crippen molar-refractivity contribution in [2.45, 2.75) is 46.9 Å². The Labute approximate surface area is 170 Å². The summed E-state index contributed by atoms with van der Waals surface area (Å²) in [6.07, 6.45) is -4.89. The Balaban J connectivity index is 2.55. The van der Waals surface area contributed by atoms with Crippen LogP contribution < -0.4 is 4.74 Å². The number of halogens is 5. The highest BCUT2D eigenvalue weighted by molar-refractivity contribution is 5.91. The van der Waals surface area contributed by atoms with Crippen LogP contribution in [0.25, 0.3) is 11.3 Å². The molecule has 1 aromatic carbocycles. The molecule has 30 heavy (non-hydrogen) atoms. The zero-order valence-electron chi connectivity index (χ0n) is 17.2. The minimum absolute atomic E-state index is 0.0135. The Morgan fingerprint density at radius 3 is 2.40 bits per heavy atom. The smallest absolute Gasteiger partial charge is 0.394 e. The van der Waals surface area contributed by atoms with Crippen LogP contribution in [0.1, 0.15) is 42.4 Å². The SMILES string of the molecule is CCOC(=O)c1nn(C)c(-c2ccc(CC(C)(C)C(F)(F)F)cc2OC(F)F)c1C. The molecule has 0 unspecified atom stereocenters. The van der Waals surface area contributed by atoms with Crippen LogP contribution >= 0.6 is 0 Å². The van der Waals surface area contributed by atoms with Gasteiger partial charge >= 0.3 is 18.8 Å². The van der Waals surface area contributed by atoms with Crippen molar-refractivity contribution in [3.63, 3.8) is 0 Å². The van der Waals surface area contributed by atoms with E-state index < -0.39 is 30.6 Å². The number of esters is 1. The van der Waals surface area contributed by atoms with Crippen molar-refractivity contribution in [3.05, 3.63) is 35.0 Å². The maximum absolute atomic E-state index is 13.2. The molecule has 5 nitrogen and oxygen atoms in total. The van der Waals surface area contributed by atoms with Crippen molar-refractivity contribution in [2.24, 2.45) is 12.5 Å². The molecule has 2 rings (SSSR count). The second kappa shape index (κ2) is 8.61. The maximum Gasteiger partial charge on any atom is 0.394 e. The lowest BCUT2D eigenvalue weighted by molar-refractivity contribution is -0.211. The van der Waals surface area contributed by atoms with Crippen molar-refractivity contribution in [2.75, 3.05) is 6.61 Å². The lowest BCUT2D eigenvalue weighted by Crippen LogP contribution is -2.34. The highest BCUT2D eigenvalue weighted by Gasteiger charge is 2.47. The van der Waals surface area contributed by atoms with E-state index in [1.807, 2.05) is 0 Å². The van der Waals surface area contributed by atoms with Gasteiger partial charge in [0, 0.05) is 18.2 Å². The molecular formula is C20H23F5N2O3. The van der Waals surface area contributed by atoms with Crippen molar-refractivity contribution in [1.82, 2.24) is 9.78 Å². The first kappa shape index (κ1) is 23.6. The summed E-state index contributed by atoms with van der Waals surface area (Å²) in [7, 11) is 1.51. The third-order valence-electron chi connectivity index (χ3n) is 4.68. The number of aryl methyl sites for hydroxylation is 1. The largest absolute Gasteiger partial charge is 0.461 e. The van der Waals surface area contributed by atoms with E-state index in [4.69, 9.17) is 4.74 Å². The van der Waals surface area contributed by atoms with Crippen LogP contribution in [0, 0.1) is 12.3 Å². The van der Waals surface area contributed by atoms with Crippen LogP contribution in [0.2, 0.25) is 0 Å². The minimum Gasteiger partial charge on any atom is -0.461 e. The number of benzene rings is 1. The van der Waals surface area contributed by atoms with Crippen LogP contribution in [0.3, 0.4) is 0 Å². The van der Waals surface area contributed by atoms with Crippen molar-refractivity contribution >= 4 is 5.97 Å². The van der Waals surface area contributed by atoms with Gasteiger partial charge in [-0.15, -0.1) is 0 Å². The van der Waals surface area contributed by atoms with Gasteiger partial charge in [0.25, 0.3) is 0 Å². The van der Waals surface area contributed by atoms with Crippen LogP contribution in [0.4, 0.5) is 22.0 Å². The summed E-state index contributed by atoms with van der Waals surface area (Å²) in [6.45, 7) is 2.21. The third-order valence-corrected chi connectivity index (χ3v) is 4.68. The molecular weight excluding hydrogens is 411 g/mol. The molecule has 0 radical (unpaired) electrons. The average molecular weight is 434 g/mol. The van der Waals surface area contributed by atoms with E-state index in [-0.39, 0.29) is 29.2 Å². The second-order valence-electron chi connectivity index (χ2n) is 7.43. The molecule has 0 N–H and O–H groups in total. The van der Waals surface area contributed by atoms with Gasteiger partial charge in [0.1, 0.15) is 5.75 Å². The van der Waals surface area contributed by atoms with E-state index in [0.29, 0.717) is 11.3 Å². The molecule has 1 aromatic heterocycles. The van der Waals surface area contributed by atoms with Crippen LogP contribution in [-0.2, 0) is 18.2 Å². The molecule has 1 heterocycles. The molecule has 0 atom stereocenters. The fraction of sp³-hybridized carbons (Fsp3) is 0.500. The van der Waals surface area contributed by atoms with Gasteiger partial charge in [-0.05, 0) is 38.0 Å². The minimum atomic E-state index is -4.47. The summed E-state index contributed by atoms with van der Waals surface area (Å²) in [5.41, 5.74) is -1.00. The Hall–Kier alpha value is -2.65. The maximum atomic E-state index is 13.2. The Kier molecular flexibility index (Phi) is 6.78. The van der Waals surface area contributed by atoms with Gasteiger partial charge in [0.15, 0.2) is 5.69 Å². The molecule has 0 aliphatic heterocycles. The predicted molar refractivity (Wildman–Crippen MR) is 99.5 cm³/mol. The van der Waals surface area contributed by atoms with Gasteiger partial charge in [0.2, 0.25) is 0 Å². The summed E-state index contributed by atoms with van der Waals surface area (Å²) >= 11 is 0. The number of nitrogens with zero attached hydrogens (tertiary/aromatic N) is 2. The number of aromatic nitrogens is 2. The molecule has 0 bridgehead atoms. The summed E-state index contributed by atoms with van der Waals surface area (Å²) in [5.74, 6) is -0.973. The van der Waals surface area contributed by atoms with Gasteiger partial charge in [-0.3, -0.25) is 4.68 Å². The van der Waals surface area contributed by atoms with E-state index in [1.165, 1.54) is 23.9 Å². The molecule has 10 heteroatoms. The van der Waals surface area contributed by atoms with E-state index in [0.717, 1.165) is 19.9 Å². The van der Waals surface area contributed by atoms with Crippen LogP contribution in [0.15, 0.2) is 18.2 Å².